The second kappa shape index (κ2) is 7.82. The average molecular weight is 364 g/mol. The van der Waals surface area contributed by atoms with E-state index >= 15 is 0 Å². The first-order valence-corrected chi connectivity index (χ1v) is 10.2. The summed E-state index contributed by atoms with van der Waals surface area (Å²) in [6.45, 7) is 3.96. The molecule has 0 aromatic heterocycles. The Morgan fingerprint density at radius 3 is 2.81 bits per heavy atom. The first-order chi connectivity index (χ1) is 13.2. The van der Waals surface area contributed by atoms with Gasteiger partial charge in [-0.1, -0.05) is 24.3 Å². The van der Waals surface area contributed by atoms with Crippen LogP contribution in [0.1, 0.15) is 49.7 Å². The third kappa shape index (κ3) is 4.22. The Balaban J connectivity index is 1.29. The smallest absolute Gasteiger partial charge is 0.223 e. The van der Waals surface area contributed by atoms with Gasteiger partial charge >= 0.3 is 0 Å². The largest absolute Gasteiger partial charge is 0.338 e. The number of likely N-dealkylation sites (tertiary alicyclic amines) is 1. The maximum absolute atomic E-state index is 12.8. The van der Waals surface area contributed by atoms with Gasteiger partial charge in [0.15, 0.2) is 5.66 Å². The first kappa shape index (κ1) is 18.2. The molecule has 1 atom stereocenters. The van der Waals surface area contributed by atoms with E-state index in [-0.39, 0.29) is 11.6 Å². The van der Waals surface area contributed by atoms with E-state index in [1.807, 2.05) is 0 Å². The van der Waals surface area contributed by atoms with E-state index in [2.05, 4.69) is 50.2 Å². The minimum atomic E-state index is -0.353. The van der Waals surface area contributed by atoms with Crippen molar-refractivity contribution in [2.45, 2.75) is 63.2 Å². The lowest BCUT2D eigenvalue weighted by atomic mass is 9.99. The molecule has 0 aliphatic carbocycles. The fraction of sp³-hybridized carbons (Fsp3) is 0.591. The lowest BCUT2D eigenvalue weighted by Crippen LogP contribution is -2.44. The van der Waals surface area contributed by atoms with Gasteiger partial charge in [0.25, 0.3) is 0 Å². The number of amides is 1. The van der Waals surface area contributed by atoms with Crippen LogP contribution in [0.2, 0.25) is 0 Å². The summed E-state index contributed by atoms with van der Waals surface area (Å²) >= 11 is 0. The second-order valence-electron chi connectivity index (χ2n) is 8.02. The van der Waals surface area contributed by atoms with Crippen molar-refractivity contribution >= 4 is 5.91 Å². The highest BCUT2D eigenvalue weighted by molar-refractivity contribution is 5.77. The molecule has 1 saturated heterocycles. The molecule has 3 heterocycles. The van der Waals surface area contributed by atoms with Crippen molar-refractivity contribution in [2.24, 2.45) is 10.2 Å². The number of nitrogens with zero attached hydrogens (tertiary/aromatic N) is 4. The van der Waals surface area contributed by atoms with Crippen LogP contribution < -0.4 is 0 Å². The van der Waals surface area contributed by atoms with Gasteiger partial charge in [-0.05, 0) is 30.4 Å². The zero-order chi connectivity index (χ0) is 18.7. The fourth-order valence-electron chi connectivity index (χ4n) is 4.48. The molecule has 3 aliphatic heterocycles. The molecule has 5 nitrogen and oxygen atoms in total. The summed E-state index contributed by atoms with van der Waals surface area (Å²) in [6.07, 6.45) is 11.3. The predicted octanol–water partition coefficient (Wildman–Crippen LogP) is 3.39. The highest BCUT2D eigenvalue weighted by Crippen LogP contribution is 2.38. The Morgan fingerprint density at radius 2 is 2.04 bits per heavy atom. The zero-order valence-electron chi connectivity index (χ0n) is 15.9. The lowest BCUT2D eigenvalue weighted by Gasteiger charge is -2.34. The van der Waals surface area contributed by atoms with Gasteiger partial charge in [-0.3, -0.25) is 9.69 Å². The summed E-state index contributed by atoms with van der Waals surface area (Å²) in [5.74, 6) is 2.90. The van der Waals surface area contributed by atoms with Gasteiger partial charge in [-0.25, -0.2) is 0 Å². The minimum Gasteiger partial charge on any atom is -0.338 e. The molecule has 4 rings (SSSR count). The van der Waals surface area contributed by atoms with Gasteiger partial charge in [0.2, 0.25) is 5.91 Å². The van der Waals surface area contributed by atoms with E-state index in [0.717, 1.165) is 51.9 Å². The van der Waals surface area contributed by atoms with E-state index in [4.69, 9.17) is 6.42 Å². The van der Waals surface area contributed by atoms with Gasteiger partial charge in [-0.2, -0.15) is 10.2 Å². The molecule has 0 radical (unpaired) electrons. The number of terminal acetylenes is 1. The molecule has 27 heavy (non-hydrogen) atoms. The van der Waals surface area contributed by atoms with Gasteiger partial charge < -0.3 is 4.90 Å². The van der Waals surface area contributed by atoms with E-state index in [0.29, 0.717) is 25.3 Å². The Morgan fingerprint density at radius 1 is 1.22 bits per heavy atom. The van der Waals surface area contributed by atoms with Crippen molar-refractivity contribution in [3.8, 4) is 12.3 Å². The molecule has 1 fully saturated rings. The highest BCUT2D eigenvalue weighted by Gasteiger charge is 2.40. The SMILES string of the molecule is C#CCCC1(CCC(=O)N2CCCC2CN2CCc3ccccc3C2)N=N1. The number of hydrogen-bond acceptors (Lipinski definition) is 4. The lowest BCUT2D eigenvalue weighted by molar-refractivity contribution is -0.132. The maximum atomic E-state index is 12.8. The normalized spacial score (nSPS) is 23.1. The molecular weight excluding hydrogens is 336 g/mol. The average Bonchev–Trinajstić information content (AvgIpc) is 3.33. The standard InChI is InChI=1S/C22H28N4O/c1-2-3-12-22(23-24-22)13-10-21(27)26-14-6-9-20(26)17-25-15-11-18-7-4-5-8-19(18)16-25/h1,4-5,7-8,20H,3,6,9-17H2. The molecule has 1 aromatic rings. The first-order valence-electron chi connectivity index (χ1n) is 10.2. The van der Waals surface area contributed by atoms with Gasteiger partial charge in [0, 0.05) is 57.9 Å². The van der Waals surface area contributed by atoms with Crippen LogP contribution in [0.15, 0.2) is 34.5 Å². The summed E-state index contributed by atoms with van der Waals surface area (Å²) in [5, 5.41) is 8.31. The second-order valence-corrected chi connectivity index (χ2v) is 8.02. The van der Waals surface area contributed by atoms with E-state index < -0.39 is 0 Å². The number of carbonyl (C=O) groups excluding carboxylic acids is 1. The molecule has 0 saturated carbocycles. The summed E-state index contributed by atoms with van der Waals surface area (Å²) in [5.41, 5.74) is 2.56. The third-order valence-electron chi connectivity index (χ3n) is 6.17. The Bertz CT molecular complexity index is 760. The molecule has 1 unspecified atom stereocenters. The molecule has 0 bridgehead atoms. The van der Waals surface area contributed by atoms with Gasteiger partial charge in [0.1, 0.15) is 0 Å². The molecule has 0 N–H and O–H groups in total. The topological polar surface area (TPSA) is 48.3 Å². The monoisotopic (exact) mass is 364 g/mol. The highest BCUT2D eigenvalue weighted by atomic mass is 16.2. The van der Waals surface area contributed by atoms with Crippen LogP contribution >= 0.6 is 0 Å². The number of rotatable bonds is 7. The van der Waals surface area contributed by atoms with Crippen LogP contribution in [0.3, 0.4) is 0 Å². The molecule has 1 aromatic carbocycles. The van der Waals surface area contributed by atoms with Crippen molar-refractivity contribution < 1.29 is 4.79 Å². The molecule has 0 spiro atoms. The summed E-state index contributed by atoms with van der Waals surface area (Å²) in [6, 6.07) is 9.06. The van der Waals surface area contributed by atoms with Crippen LogP contribution in [-0.2, 0) is 17.8 Å². The molecule has 142 valence electrons. The van der Waals surface area contributed by atoms with Crippen LogP contribution in [0.4, 0.5) is 0 Å². The predicted molar refractivity (Wildman–Crippen MR) is 105 cm³/mol. The minimum absolute atomic E-state index is 0.257. The van der Waals surface area contributed by atoms with E-state index in [1.165, 1.54) is 11.1 Å². The van der Waals surface area contributed by atoms with Crippen LogP contribution in [0.25, 0.3) is 0 Å². The fourth-order valence-corrected chi connectivity index (χ4v) is 4.48. The number of hydrogen-bond donors (Lipinski definition) is 0. The number of benzene rings is 1. The maximum Gasteiger partial charge on any atom is 0.223 e. The quantitative estimate of drug-likeness (QED) is 0.696. The van der Waals surface area contributed by atoms with Crippen molar-refractivity contribution in [3.63, 3.8) is 0 Å². The van der Waals surface area contributed by atoms with Crippen molar-refractivity contribution in [3.05, 3.63) is 35.4 Å². The van der Waals surface area contributed by atoms with Gasteiger partial charge in [0.05, 0.1) is 0 Å². The van der Waals surface area contributed by atoms with Crippen molar-refractivity contribution in [1.82, 2.24) is 9.80 Å². The Labute approximate surface area is 161 Å². The summed E-state index contributed by atoms with van der Waals surface area (Å²) in [4.78, 5) is 17.4. The molecule has 5 heteroatoms. The Hall–Kier alpha value is -2.19. The molecule has 1 amide bonds. The van der Waals surface area contributed by atoms with E-state index in [1.54, 1.807) is 0 Å². The number of carbonyl (C=O) groups is 1. The Kier molecular flexibility index (Phi) is 5.27. The number of fused-ring (bicyclic) bond motifs is 1. The summed E-state index contributed by atoms with van der Waals surface area (Å²) in [7, 11) is 0. The van der Waals surface area contributed by atoms with Crippen LogP contribution in [-0.4, -0.2) is 47.0 Å². The van der Waals surface area contributed by atoms with Crippen molar-refractivity contribution in [2.75, 3.05) is 19.6 Å². The van der Waals surface area contributed by atoms with E-state index in [9.17, 15) is 4.79 Å². The molecule has 3 aliphatic rings. The van der Waals surface area contributed by atoms with Gasteiger partial charge in [-0.15, -0.1) is 12.3 Å². The van der Waals surface area contributed by atoms with Crippen molar-refractivity contribution in [1.29, 1.82) is 0 Å². The molecular formula is C22H28N4O. The van der Waals surface area contributed by atoms with Crippen LogP contribution in [0, 0.1) is 12.3 Å². The third-order valence-corrected chi connectivity index (χ3v) is 6.17. The van der Waals surface area contributed by atoms with Crippen LogP contribution in [0.5, 0.6) is 0 Å². The zero-order valence-corrected chi connectivity index (χ0v) is 15.9. The summed E-state index contributed by atoms with van der Waals surface area (Å²) < 4.78 is 0.